The summed E-state index contributed by atoms with van der Waals surface area (Å²) in [6, 6.07) is 0. The third-order valence-electron chi connectivity index (χ3n) is 2.92. The van der Waals surface area contributed by atoms with Crippen molar-refractivity contribution in [3.05, 3.63) is 0 Å². The molecule has 1 fully saturated rings. The van der Waals surface area contributed by atoms with E-state index >= 15 is 0 Å². The Morgan fingerprint density at radius 1 is 1.32 bits per heavy atom. The second kappa shape index (κ2) is 6.40. The maximum absolute atomic E-state index is 12.6. The van der Waals surface area contributed by atoms with Crippen molar-refractivity contribution in [1.29, 1.82) is 0 Å². The number of ether oxygens (including phenoxy) is 2. The van der Waals surface area contributed by atoms with Crippen LogP contribution < -0.4 is 0 Å². The number of nitrogens with zero attached hydrogens (tertiary/aromatic N) is 1. The van der Waals surface area contributed by atoms with Gasteiger partial charge in [-0.25, -0.2) is 4.39 Å². The van der Waals surface area contributed by atoms with Crippen LogP contribution in [-0.2, 0) is 23.9 Å². The van der Waals surface area contributed by atoms with E-state index in [9.17, 15) is 18.8 Å². The average Bonchev–Trinajstić information content (AvgIpc) is 3.18. The molecular weight excluding hydrogens is 257 g/mol. The largest absolute Gasteiger partial charge is 0.469 e. The topological polar surface area (TPSA) is 82.0 Å². The van der Waals surface area contributed by atoms with Crippen LogP contribution in [0.3, 0.4) is 0 Å². The van der Waals surface area contributed by atoms with Crippen molar-refractivity contribution in [1.82, 2.24) is 0 Å². The molecule has 19 heavy (non-hydrogen) atoms. The zero-order chi connectivity index (χ0) is 14.5. The number of aliphatic imine (C=N–C) groups is 1. The zero-order valence-corrected chi connectivity index (χ0v) is 10.8. The van der Waals surface area contributed by atoms with Gasteiger partial charge in [0.15, 0.2) is 11.7 Å². The van der Waals surface area contributed by atoms with Crippen LogP contribution in [0.5, 0.6) is 0 Å². The normalized spacial score (nSPS) is 17.8. The minimum absolute atomic E-state index is 0.551. The van der Waals surface area contributed by atoms with Gasteiger partial charge in [0.05, 0.1) is 19.8 Å². The number of methoxy groups -OCH3 is 2. The number of rotatable bonds is 7. The van der Waals surface area contributed by atoms with Gasteiger partial charge in [-0.1, -0.05) is 0 Å². The summed E-state index contributed by atoms with van der Waals surface area (Å²) in [6.07, 6.45) is 1.69. The average molecular weight is 273 g/mol. The molecule has 0 aromatic carbocycles. The lowest BCUT2D eigenvalue weighted by atomic mass is 10.0. The summed E-state index contributed by atoms with van der Waals surface area (Å²) in [6.45, 7) is -0.636. The highest BCUT2D eigenvalue weighted by atomic mass is 19.1. The molecule has 1 rings (SSSR count). The summed E-state index contributed by atoms with van der Waals surface area (Å²) < 4.78 is 21.5. The van der Waals surface area contributed by atoms with Gasteiger partial charge in [0.2, 0.25) is 0 Å². The van der Waals surface area contributed by atoms with E-state index in [0.29, 0.717) is 12.8 Å². The molecule has 1 aliphatic carbocycles. The van der Waals surface area contributed by atoms with Crippen molar-refractivity contribution in [2.24, 2.45) is 10.9 Å². The Hall–Kier alpha value is -1.79. The van der Waals surface area contributed by atoms with Crippen LogP contribution in [0.4, 0.5) is 4.39 Å². The Morgan fingerprint density at radius 2 is 1.95 bits per heavy atom. The van der Waals surface area contributed by atoms with Crippen molar-refractivity contribution in [2.45, 2.75) is 24.8 Å². The molecule has 0 saturated heterocycles. The molecule has 0 N–H and O–H groups in total. The van der Waals surface area contributed by atoms with Gasteiger partial charge in [-0.3, -0.25) is 19.4 Å². The molecule has 0 aliphatic heterocycles. The van der Waals surface area contributed by atoms with E-state index in [1.54, 1.807) is 0 Å². The minimum atomic E-state index is -1.30. The summed E-state index contributed by atoms with van der Waals surface area (Å²) in [5.41, 5.74) is -0.794. The third-order valence-corrected chi connectivity index (χ3v) is 2.92. The summed E-state index contributed by atoms with van der Waals surface area (Å²) in [5, 5.41) is 0. The molecule has 1 atom stereocenters. The van der Waals surface area contributed by atoms with Crippen molar-refractivity contribution in [3.8, 4) is 0 Å². The Bertz CT molecular complexity index is 403. The molecule has 1 unspecified atom stereocenters. The molecular formula is C12H16FNO5. The number of ketones is 1. The number of esters is 2. The van der Waals surface area contributed by atoms with Crippen molar-refractivity contribution in [2.75, 3.05) is 20.9 Å². The van der Waals surface area contributed by atoms with E-state index in [1.165, 1.54) is 0 Å². The quantitative estimate of drug-likeness (QED) is 0.383. The highest BCUT2D eigenvalue weighted by Gasteiger charge is 2.43. The predicted octanol–water partition coefficient (Wildman–Crippen LogP) is 0.481. The Balaban J connectivity index is 2.75. The molecule has 1 aliphatic rings. The number of hydrogen-bond donors (Lipinski definition) is 0. The van der Waals surface area contributed by atoms with Crippen LogP contribution in [0.25, 0.3) is 0 Å². The second-order valence-corrected chi connectivity index (χ2v) is 4.36. The van der Waals surface area contributed by atoms with Gasteiger partial charge in [0.1, 0.15) is 13.1 Å². The lowest BCUT2D eigenvalue weighted by Gasteiger charge is -2.10. The molecule has 0 aromatic rings. The van der Waals surface area contributed by atoms with E-state index < -0.39 is 42.3 Å². The third kappa shape index (κ3) is 4.11. The molecule has 6 nitrogen and oxygen atoms in total. The number of carbonyl (C=O) groups is 3. The molecule has 0 radical (unpaired) electrons. The first-order valence-corrected chi connectivity index (χ1v) is 5.76. The van der Waals surface area contributed by atoms with E-state index in [-0.39, 0.29) is 0 Å². The lowest BCUT2D eigenvalue weighted by Crippen LogP contribution is -2.29. The monoisotopic (exact) mass is 273 g/mol. The van der Waals surface area contributed by atoms with Gasteiger partial charge >= 0.3 is 11.9 Å². The molecule has 7 heteroatoms. The predicted molar refractivity (Wildman–Crippen MR) is 63.6 cm³/mol. The number of alkyl halides is 1. The molecule has 106 valence electrons. The zero-order valence-electron chi connectivity index (χ0n) is 10.8. The van der Waals surface area contributed by atoms with Gasteiger partial charge < -0.3 is 9.47 Å². The van der Waals surface area contributed by atoms with E-state index in [4.69, 9.17) is 0 Å². The molecule has 0 aromatic heterocycles. The highest BCUT2D eigenvalue weighted by Crippen LogP contribution is 2.39. The van der Waals surface area contributed by atoms with Crippen LogP contribution in [0.1, 0.15) is 19.3 Å². The maximum atomic E-state index is 12.6. The second-order valence-electron chi connectivity index (χ2n) is 4.36. The van der Waals surface area contributed by atoms with Gasteiger partial charge in [0, 0.05) is 6.21 Å². The van der Waals surface area contributed by atoms with E-state index in [1.807, 2.05) is 0 Å². The van der Waals surface area contributed by atoms with Gasteiger partial charge in [0.25, 0.3) is 0 Å². The summed E-state index contributed by atoms with van der Waals surface area (Å²) in [5.74, 6) is -3.56. The SMILES string of the molecule is COC(=O)CC(=O)C(C=NC1(CF)CC1)C(=O)OC. The lowest BCUT2D eigenvalue weighted by molar-refractivity contribution is -0.148. The number of carbonyl (C=O) groups excluding carboxylic acids is 3. The number of hydrogen-bond acceptors (Lipinski definition) is 6. The first kappa shape index (κ1) is 15.3. The molecule has 0 spiro atoms. The summed E-state index contributed by atoms with van der Waals surface area (Å²) in [4.78, 5) is 38.2. The Morgan fingerprint density at radius 3 is 2.37 bits per heavy atom. The molecule has 1 saturated carbocycles. The van der Waals surface area contributed by atoms with Crippen molar-refractivity contribution < 1.29 is 28.2 Å². The van der Waals surface area contributed by atoms with Gasteiger partial charge in [-0.2, -0.15) is 0 Å². The highest BCUT2D eigenvalue weighted by molar-refractivity contribution is 6.15. The van der Waals surface area contributed by atoms with Crippen molar-refractivity contribution in [3.63, 3.8) is 0 Å². The number of halogens is 1. The van der Waals surface area contributed by atoms with E-state index in [2.05, 4.69) is 14.5 Å². The maximum Gasteiger partial charge on any atom is 0.321 e. The van der Waals surface area contributed by atoms with Crippen LogP contribution in [0.2, 0.25) is 0 Å². The summed E-state index contributed by atoms with van der Waals surface area (Å²) in [7, 11) is 2.26. The fraction of sp³-hybridized carbons (Fsp3) is 0.667. The van der Waals surface area contributed by atoms with E-state index in [0.717, 1.165) is 20.4 Å². The smallest absolute Gasteiger partial charge is 0.321 e. The molecule has 0 amide bonds. The summed E-state index contributed by atoms with van der Waals surface area (Å²) >= 11 is 0. The van der Waals surface area contributed by atoms with Crippen LogP contribution in [-0.4, -0.2) is 50.4 Å². The van der Waals surface area contributed by atoms with Gasteiger partial charge in [-0.15, -0.1) is 0 Å². The Labute approximate surface area is 110 Å². The standard InChI is InChI=1S/C12H16FNO5/c1-18-10(16)5-9(15)8(11(17)19-2)6-14-12(7-13)3-4-12/h6,8H,3-5,7H2,1-2H3. The first-order valence-electron chi connectivity index (χ1n) is 5.76. The fourth-order valence-corrected chi connectivity index (χ4v) is 1.40. The van der Waals surface area contributed by atoms with Crippen molar-refractivity contribution >= 4 is 23.9 Å². The fourth-order valence-electron chi connectivity index (χ4n) is 1.40. The number of Topliss-reactive ketones (excluding diaryl/α,β-unsaturated/α-hetero) is 1. The first-order chi connectivity index (χ1) is 8.98. The minimum Gasteiger partial charge on any atom is -0.469 e. The van der Waals surface area contributed by atoms with Crippen LogP contribution >= 0.6 is 0 Å². The molecule has 0 heterocycles. The van der Waals surface area contributed by atoms with Crippen LogP contribution in [0.15, 0.2) is 4.99 Å². The Kier molecular flexibility index (Phi) is 5.14. The van der Waals surface area contributed by atoms with Gasteiger partial charge in [-0.05, 0) is 12.8 Å². The molecule has 0 bridgehead atoms. The van der Waals surface area contributed by atoms with Crippen LogP contribution in [0, 0.1) is 5.92 Å².